The normalized spacial score (nSPS) is 12.3. The molecule has 0 atom stereocenters. The Hall–Kier alpha value is -2.51. The summed E-state index contributed by atoms with van der Waals surface area (Å²) >= 11 is 1.74. The number of benzene rings is 1. The Morgan fingerprint density at radius 1 is 0.730 bits per heavy atom. The zero-order chi connectivity index (χ0) is 29.5. The summed E-state index contributed by atoms with van der Waals surface area (Å²) in [7, 11) is 0. The van der Waals surface area contributed by atoms with Gasteiger partial charge in [-0.15, -0.1) is 0 Å². The van der Waals surface area contributed by atoms with Crippen molar-refractivity contribution in [2.24, 2.45) is 0 Å². The molecule has 208 valence electrons. The zero-order valence-electron chi connectivity index (χ0n) is 26.3. The molecule has 0 nitrogen and oxygen atoms in total. The average molecular weight is 523 g/mol. The van der Waals surface area contributed by atoms with Crippen molar-refractivity contribution in [1.29, 1.82) is 0 Å². The highest BCUT2D eigenvalue weighted by Gasteiger charge is 2.12. The summed E-state index contributed by atoms with van der Waals surface area (Å²) in [6, 6.07) is 8.70. The predicted octanol–water partition coefficient (Wildman–Crippen LogP) is 12.8. The molecule has 0 heterocycles. The van der Waals surface area contributed by atoms with Crippen molar-refractivity contribution in [1.82, 2.24) is 0 Å². The van der Waals surface area contributed by atoms with E-state index < -0.39 is 0 Å². The Kier molecular flexibility index (Phi) is 37.7. The van der Waals surface area contributed by atoms with Crippen LogP contribution in [0, 0.1) is 0 Å². The van der Waals surface area contributed by atoms with Crippen molar-refractivity contribution >= 4 is 11.8 Å². The van der Waals surface area contributed by atoms with Gasteiger partial charge in [0.25, 0.3) is 0 Å². The van der Waals surface area contributed by atoms with Crippen LogP contribution in [0.25, 0.3) is 0 Å². The lowest BCUT2D eigenvalue weighted by Crippen LogP contribution is -2.05. The summed E-state index contributed by atoms with van der Waals surface area (Å²) in [6.45, 7) is 31.7. The Morgan fingerprint density at radius 3 is 1.65 bits per heavy atom. The number of rotatable bonds is 7. The van der Waals surface area contributed by atoms with Crippen LogP contribution in [-0.4, -0.2) is 0 Å². The monoisotopic (exact) mass is 522 g/mol. The highest BCUT2D eigenvalue weighted by Crippen LogP contribution is 2.27. The molecule has 0 saturated carbocycles. The highest BCUT2D eigenvalue weighted by atomic mass is 32.2. The molecule has 1 aliphatic carbocycles. The van der Waals surface area contributed by atoms with E-state index in [0.717, 1.165) is 12.8 Å². The maximum absolute atomic E-state index is 3.71. The van der Waals surface area contributed by atoms with Crippen molar-refractivity contribution in [2.75, 3.05) is 0 Å². The summed E-state index contributed by atoms with van der Waals surface area (Å²) < 4.78 is 0. The van der Waals surface area contributed by atoms with E-state index in [1.54, 1.807) is 11.8 Å². The van der Waals surface area contributed by atoms with Crippen LogP contribution in [0.3, 0.4) is 0 Å². The van der Waals surface area contributed by atoms with Gasteiger partial charge < -0.3 is 0 Å². The molecule has 0 aromatic heterocycles. The second kappa shape index (κ2) is 33.5. The fourth-order valence-electron chi connectivity index (χ4n) is 2.94. The van der Waals surface area contributed by atoms with Crippen LogP contribution >= 0.6 is 11.8 Å². The molecule has 0 amide bonds. The Morgan fingerprint density at radius 2 is 1.22 bits per heavy atom. The summed E-state index contributed by atoms with van der Waals surface area (Å²) in [5, 5.41) is 0. The molecule has 0 saturated heterocycles. The van der Waals surface area contributed by atoms with E-state index in [1.807, 2.05) is 113 Å². The SMILES string of the molecule is C=C/C=C(\C=C/C)SC(/C=C\C)=C/C.C=C/C=C\C1=C(C)Cc2ccccc2C1.CC.CC.CC.CC. The molecular formula is C36H58S. The van der Waals surface area contributed by atoms with Gasteiger partial charge in [0.2, 0.25) is 0 Å². The van der Waals surface area contributed by atoms with Crippen molar-refractivity contribution in [3.63, 3.8) is 0 Å². The quantitative estimate of drug-likeness (QED) is 0.321. The van der Waals surface area contributed by atoms with Crippen LogP contribution in [0.2, 0.25) is 0 Å². The van der Waals surface area contributed by atoms with Gasteiger partial charge in [-0.05, 0) is 63.3 Å². The second-order valence-electron chi connectivity index (χ2n) is 6.62. The van der Waals surface area contributed by atoms with Gasteiger partial charge in [-0.2, -0.15) is 0 Å². The second-order valence-corrected chi connectivity index (χ2v) is 7.77. The molecule has 0 spiro atoms. The molecular weight excluding hydrogens is 464 g/mol. The van der Waals surface area contributed by atoms with Crippen molar-refractivity contribution in [2.45, 2.75) is 95.9 Å². The molecule has 0 bridgehead atoms. The number of hydrogen-bond acceptors (Lipinski definition) is 1. The highest BCUT2D eigenvalue weighted by molar-refractivity contribution is 8.07. The first-order chi connectivity index (χ1) is 18.1. The number of allylic oxidation sites excluding steroid dienone is 12. The Bertz CT molecular complexity index is 854. The van der Waals surface area contributed by atoms with Gasteiger partial charge in [-0.3, -0.25) is 0 Å². The van der Waals surface area contributed by atoms with E-state index in [1.165, 1.54) is 32.1 Å². The number of thioether (sulfide) groups is 1. The number of hydrogen-bond donors (Lipinski definition) is 0. The Balaban J connectivity index is -0.000000232. The lowest BCUT2D eigenvalue weighted by molar-refractivity contribution is 0.978. The zero-order valence-corrected chi connectivity index (χ0v) is 27.1. The van der Waals surface area contributed by atoms with Crippen LogP contribution in [0.15, 0.2) is 119 Å². The third kappa shape index (κ3) is 21.3. The van der Waals surface area contributed by atoms with Crippen LogP contribution in [-0.2, 0) is 12.8 Å². The van der Waals surface area contributed by atoms with Crippen LogP contribution < -0.4 is 0 Å². The first-order valence-electron chi connectivity index (χ1n) is 14.1. The first-order valence-corrected chi connectivity index (χ1v) is 14.9. The molecule has 0 radical (unpaired) electrons. The summed E-state index contributed by atoms with van der Waals surface area (Å²) in [5.74, 6) is 0. The van der Waals surface area contributed by atoms with E-state index in [4.69, 9.17) is 0 Å². The van der Waals surface area contributed by atoms with E-state index >= 15 is 0 Å². The van der Waals surface area contributed by atoms with Crippen LogP contribution in [0.4, 0.5) is 0 Å². The lowest BCUT2D eigenvalue weighted by Gasteiger charge is -2.19. The molecule has 0 aliphatic heterocycles. The molecule has 1 aromatic rings. The standard InChI is InChI=1S/C15H16.C13H18S.4C2H6/c1-3-4-7-13-11-15-9-6-5-8-14(15)10-12(13)2;1-5-9-12(8-4)14-13(10-6-2)11-7-3;4*1-2/h3-9H,1,10-11H2,2H3;5-11H,2H2,1,3-4H3;4*1-2H3/b7-4-;9-5-,11-7-,12-8+,13-10+;;;;. The first kappa shape index (κ1) is 41.6. The van der Waals surface area contributed by atoms with Gasteiger partial charge in [-0.1, -0.05) is 165 Å². The average Bonchev–Trinajstić information content (AvgIpc) is 2.96. The van der Waals surface area contributed by atoms with Crippen molar-refractivity contribution < 1.29 is 0 Å². The van der Waals surface area contributed by atoms with Crippen LogP contribution in [0.5, 0.6) is 0 Å². The summed E-state index contributed by atoms with van der Waals surface area (Å²) in [5.41, 5.74) is 5.86. The summed E-state index contributed by atoms with van der Waals surface area (Å²) in [4.78, 5) is 2.45. The van der Waals surface area contributed by atoms with E-state index in [0.29, 0.717) is 0 Å². The smallest absolute Gasteiger partial charge is 0.0118 e. The van der Waals surface area contributed by atoms with E-state index in [9.17, 15) is 0 Å². The molecule has 1 aromatic carbocycles. The Labute approximate surface area is 237 Å². The van der Waals surface area contributed by atoms with Crippen LogP contribution in [0.1, 0.15) is 94.2 Å². The van der Waals surface area contributed by atoms with Crippen molar-refractivity contribution in [3.05, 3.63) is 130 Å². The van der Waals surface area contributed by atoms with Gasteiger partial charge in [0.05, 0.1) is 0 Å². The molecule has 0 unspecified atom stereocenters. The lowest BCUT2D eigenvalue weighted by atomic mass is 9.86. The van der Waals surface area contributed by atoms with Gasteiger partial charge in [-0.25, -0.2) is 0 Å². The third-order valence-electron chi connectivity index (χ3n) is 4.40. The third-order valence-corrected chi connectivity index (χ3v) is 5.52. The molecule has 1 aliphatic rings. The van der Waals surface area contributed by atoms with E-state index in [-0.39, 0.29) is 0 Å². The van der Waals surface area contributed by atoms with Gasteiger partial charge >= 0.3 is 0 Å². The van der Waals surface area contributed by atoms with Crippen molar-refractivity contribution in [3.8, 4) is 0 Å². The fraction of sp³-hybridized carbons (Fsp3) is 0.389. The molecule has 2 rings (SSSR count). The summed E-state index contributed by atoms with van der Waals surface area (Å²) in [6.07, 6.45) is 22.4. The van der Waals surface area contributed by atoms with Gasteiger partial charge in [0, 0.05) is 9.81 Å². The number of fused-ring (bicyclic) bond motifs is 1. The van der Waals surface area contributed by atoms with Gasteiger partial charge in [0.1, 0.15) is 0 Å². The minimum Gasteiger partial charge on any atom is -0.0991 e. The van der Waals surface area contributed by atoms with E-state index in [2.05, 4.69) is 68.7 Å². The largest absolute Gasteiger partial charge is 0.0991 e. The molecule has 0 N–H and O–H groups in total. The molecule has 0 fully saturated rings. The topological polar surface area (TPSA) is 0 Å². The predicted molar refractivity (Wildman–Crippen MR) is 181 cm³/mol. The molecule has 37 heavy (non-hydrogen) atoms. The fourth-order valence-corrected chi connectivity index (χ4v) is 3.90. The maximum atomic E-state index is 3.71. The minimum absolute atomic E-state index is 1.06. The van der Waals surface area contributed by atoms with Gasteiger partial charge in [0.15, 0.2) is 0 Å². The molecule has 1 heteroatoms. The minimum atomic E-state index is 1.06. The maximum Gasteiger partial charge on any atom is 0.0118 e.